The molecule has 1 aromatic carbocycles. The minimum atomic E-state index is -3.82. The fourth-order valence-corrected chi connectivity index (χ4v) is 3.91. The van der Waals surface area contributed by atoms with Gasteiger partial charge in [0, 0.05) is 17.6 Å². The van der Waals surface area contributed by atoms with E-state index in [1.807, 2.05) is 13.8 Å². The van der Waals surface area contributed by atoms with Gasteiger partial charge in [0.2, 0.25) is 10.0 Å². The normalized spacial score (nSPS) is 13.8. The van der Waals surface area contributed by atoms with Crippen molar-refractivity contribution in [3.05, 3.63) is 27.2 Å². The molecule has 19 heavy (non-hydrogen) atoms. The highest BCUT2D eigenvalue weighted by molar-refractivity contribution is 7.89. The molecule has 0 amide bonds. The van der Waals surface area contributed by atoms with E-state index >= 15 is 0 Å². The fraction of sp³-hybridized carbons (Fsp3) is 0.455. The van der Waals surface area contributed by atoms with Gasteiger partial charge in [-0.25, -0.2) is 13.1 Å². The lowest BCUT2D eigenvalue weighted by Crippen LogP contribution is -2.40. The Kier molecular flexibility index (Phi) is 5.92. The first-order chi connectivity index (χ1) is 8.65. The molecule has 108 valence electrons. The van der Waals surface area contributed by atoms with Crippen LogP contribution in [0, 0.1) is 5.92 Å². The number of nitrogens with two attached hydrogens (primary N) is 1. The molecule has 0 aliphatic carbocycles. The Morgan fingerprint density at radius 2 is 1.68 bits per heavy atom. The summed E-state index contributed by atoms with van der Waals surface area (Å²) in [5, 5.41) is 0.221. The summed E-state index contributed by atoms with van der Waals surface area (Å²) in [5.41, 5.74) is 5.79. The molecular formula is C11H15Cl3N2O2S. The molecule has 0 aliphatic heterocycles. The van der Waals surface area contributed by atoms with Crippen LogP contribution in [0.25, 0.3) is 0 Å². The number of sulfonamides is 1. The van der Waals surface area contributed by atoms with Crippen LogP contribution in [0.4, 0.5) is 0 Å². The van der Waals surface area contributed by atoms with Gasteiger partial charge in [-0.2, -0.15) is 0 Å². The van der Waals surface area contributed by atoms with E-state index in [-0.39, 0.29) is 38.5 Å². The van der Waals surface area contributed by atoms with E-state index in [4.69, 9.17) is 40.5 Å². The number of rotatable bonds is 5. The average Bonchev–Trinajstić information content (AvgIpc) is 2.23. The van der Waals surface area contributed by atoms with Crippen LogP contribution in [0.5, 0.6) is 0 Å². The molecule has 1 unspecified atom stereocenters. The molecule has 1 rings (SSSR count). The van der Waals surface area contributed by atoms with Gasteiger partial charge in [-0.3, -0.25) is 0 Å². The minimum absolute atomic E-state index is 0.0249. The lowest BCUT2D eigenvalue weighted by Gasteiger charge is -2.17. The maximum Gasteiger partial charge on any atom is 0.243 e. The Labute approximate surface area is 128 Å². The molecule has 0 heterocycles. The van der Waals surface area contributed by atoms with Crippen molar-refractivity contribution in [3.63, 3.8) is 0 Å². The highest BCUT2D eigenvalue weighted by Crippen LogP contribution is 2.32. The van der Waals surface area contributed by atoms with E-state index in [0.717, 1.165) is 0 Å². The molecule has 1 atom stereocenters. The molecule has 1 aromatic rings. The van der Waals surface area contributed by atoms with Crippen LogP contribution in [0.3, 0.4) is 0 Å². The van der Waals surface area contributed by atoms with Crippen LogP contribution in [0.2, 0.25) is 15.1 Å². The van der Waals surface area contributed by atoms with Crippen molar-refractivity contribution in [3.8, 4) is 0 Å². The van der Waals surface area contributed by atoms with Gasteiger partial charge < -0.3 is 5.73 Å². The molecule has 3 N–H and O–H groups in total. The predicted molar refractivity (Wildman–Crippen MR) is 79.5 cm³/mol. The van der Waals surface area contributed by atoms with Crippen molar-refractivity contribution in [2.24, 2.45) is 11.7 Å². The molecule has 0 saturated heterocycles. The summed E-state index contributed by atoms with van der Waals surface area (Å²) in [6.45, 7) is 3.91. The molecule has 0 aliphatic rings. The van der Waals surface area contributed by atoms with Gasteiger partial charge in [0.05, 0.1) is 10.0 Å². The van der Waals surface area contributed by atoms with Gasteiger partial charge in [0.15, 0.2) is 0 Å². The van der Waals surface area contributed by atoms with Gasteiger partial charge >= 0.3 is 0 Å². The lowest BCUT2D eigenvalue weighted by atomic mass is 10.1. The summed E-state index contributed by atoms with van der Waals surface area (Å²) in [7, 11) is -3.82. The van der Waals surface area contributed by atoms with E-state index in [9.17, 15) is 8.42 Å². The second-order valence-electron chi connectivity index (χ2n) is 4.46. The Balaban J connectivity index is 3.02. The van der Waals surface area contributed by atoms with E-state index in [1.165, 1.54) is 12.1 Å². The maximum absolute atomic E-state index is 12.1. The second-order valence-corrected chi connectivity index (χ2v) is 7.41. The molecule has 0 spiro atoms. The fourth-order valence-electron chi connectivity index (χ4n) is 1.30. The predicted octanol–water partition coefficient (Wildman–Crippen LogP) is 2.91. The summed E-state index contributed by atoms with van der Waals surface area (Å²) in [6, 6.07) is 2.36. The van der Waals surface area contributed by atoms with Gasteiger partial charge in [0.25, 0.3) is 0 Å². The molecule has 8 heteroatoms. The lowest BCUT2D eigenvalue weighted by molar-refractivity contribution is 0.481. The zero-order chi connectivity index (χ0) is 14.8. The Morgan fingerprint density at radius 3 is 2.11 bits per heavy atom. The SMILES string of the molecule is CC(C)C(N)CNS(=O)(=O)c1c(Cl)cc(Cl)cc1Cl. The van der Waals surface area contributed by atoms with Crippen molar-refractivity contribution in [2.75, 3.05) is 6.54 Å². The number of hydrogen-bond acceptors (Lipinski definition) is 3. The van der Waals surface area contributed by atoms with Crippen LogP contribution in [-0.2, 0) is 10.0 Å². The van der Waals surface area contributed by atoms with Crippen molar-refractivity contribution in [1.82, 2.24) is 4.72 Å². The van der Waals surface area contributed by atoms with E-state index in [2.05, 4.69) is 4.72 Å². The number of halogens is 3. The van der Waals surface area contributed by atoms with Gasteiger partial charge in [-0.15, -0.1) is 0 Å². The van der Waals surface area contributed by atoms with Crippen molar-refractivity contribution < 1.29 is 8.42 Å². The minimum Gasteiger partial charge on any atom is -0.326 e. The number of hydrogen-bond donors (Lipinski definition) is 2. The number of nitrogens with one attached hydrogen (secondary N) is 1. The smallest absolute Gasteiger partial charge is 0.243 e. The third-order valence-corrected chi connectivity index (χ3v) is 5.16. The average molecular weight is 346 g/mol. The van der Waals surface area contributed by atoms with E-state index in [0.29, 0.717) is 0 Å². The Hall–Kier alpha value is -0.0400. The Morgan fingerprint density at radius 1 is 1.21 bits per heavy atom. The largest absolute Gasteiger partial charge is 0.326 e. The topological polar surface area (TPSA) is 72.2 Å². The van der Waals surface area contributed by atoms with Crippen LogP contribution in [0.1, 0.15) is 13.8 Å². The van der Waals surface area contributed by atoms with Crippen LogP contribution >= 0.6 is 34.8 Å². The zero-order valence-electron chi connectivity index (χ0n) is 10.5. The van der Waals surface area contributed by atoms with E-state index in [1.54, 1.807) is 0 Å². The molecule has 0 fully saturated rings. The van der Waals surface area contributed by atoms with Crippen LogP contribution < -0.4 is 10.5 Å². The summed E-state index contributed by atoms with van der Waals surface area (Å²) >= 11 is 17.5. The highest BCUT2D eigenvalue weighted by atomic mass is 35.5. The maximum atomic E-state index is 12.1. The van der Waals surface area contributed by atoms with Crippen molar-refractivity contribution in [2.45, 2.75) is 24.8 Å². The van der Waals surface area contributed by atoms with Crippen molar-refractivity contribution >= 4 is 44.8 Å². The molecule has 0 aromatic heterocycles. The summed E-state index contributed by atoms with van der Waals surface area (Å²) in [5.74, 6) is 0.152. The quantitative estimate of drug-likeness (QED) is 0.862. The Bertz CT molecular complexity index is 538. The molecule has 0 radical (unpaired) electrons. The summed E-state index contributed by atoms with van der Waals surface area (Å²) < 4.78 is 26.7. The van der Waals surface area contributed by atoms with Gasteiger partial charge in [0.1, 0.15) is 4.90 Å². The molecule has 4 nitrogen and oxygen atoms in total. The monoisotopic (exact) mass is 344 g/mol. The molecule has 0 saturated carbocycles. The first-order valence-corrected chi connectivity index (χ1v) is 8.16. The second kappa shape index (κ2) is 6.61. The zero-order valence-corrected chi connectivity index (χ0v) is 13.5. The van der Waals surface area contributed by atoms with Crippen LogP contribution in [0.15, 0.2) is 17.0 Å². The molecule has 0 bridgehead atoms. The van der Waals surface area contributed by atoms with Crippen LogP contribution in [-0.4, -0.2) is 21.0 Å². The summed E-state index contributed by atoms with van der Waals surface area (Å²) in [6.07, 6.45) is 0. The standard InChI is InChI=1S/C11H15Cl3N2O2S/c1-6(2)10(15)5-16-19(17,18)11-8(13)3-7(12)4-9(11)14/h3-4,6,10,16H,5,15H2,1-2H3. The highest BCUT2D eigenvalue weighted by Gasteiger charge is 2.23. The first-order valence-electron chi connectivity index (χ1n) is 5.55. The van der Waals surface area contributed by atoms with Crippen molar-refractivity contribution in [1.29, 1.82) is 0 Å². The van der Waals surface area contributed by atoms with Gasteiger partial charge in [-0.1, -0.05) is 48.7 Å². The van der Waals surface area contributed by atoms with Gasteiger partial charge in [-0.05, 0) is 18.1 Å². The molecular weight excluding hydrogens is 331 g/mol. The third kappa shape index (κ3) is 4.48. The van der Waals surface area contributed by atoms with E-state index < -0.39 is 10.0 Å². The first kappa shape index (κ1) is 17.0. The number of benzene rings is 1. The summed E-state index contributed by atoms with van der Waals surface area (Å²) in [4.78, 5) is -0.184. The third-order valence-electron chi connectivity index (χ3n) is 2.60.